The van der Waals surface area contributed by atoms with Gasteiger partial charge in [0.2, 0.25) is 11.8 Å². The lowest BCUT2D eigenvalue weighted by atomic mass is 9.90. The minimum atomic E-state index is -1.25. The number of likely N-dealkylation sites (N-methyl/N-ethyl adjacent to an activating group) is 1. The number of hydrogen-bond donors (Lipinski definition) is 2. The average Bonchev–Trinajstić information content (AvgIpc) is 3.29. The Balaban J connectivity index is 2.18. The topological polar surface area (TPSA) is 108 Å². The molecular formula is C29H46FN3O6. The largest absolute Gasteiger partial charge is 0.480 e. The molecule has 2 amide bonds. The van der Waals surface area contributed by atoms with E-state index >= 15 is 0 Å². The molecule has 1 aliphatic heterocycles. The van der Waals surface area contributed by atoms with Gasteiger partial charge in [0, 0.05) is 33.1 Å². The Bertz CT molecular complexity index is 933. The molecule has 3 unspecified atom stereocenters. The molecule has 1 aliphatic rings. The van der Waals surface area contributed by atoms with Crippen LogP contribution < -0.4 is 5.32 Å². The number of carboxylic acids is 1. The second kappa shape index (κ2) is 15.3. The summed E-state index contributed by atoms with van der Waals surface area (Å²) < 4.78 is 26.1. The van der Waals surface area contributed by atoms with Crippen LogP contribution in [0.2, 0.25) is 0 Å². The predicted octanol–water partition coefficient (Wildman–Crippen LogP) is 2.77. The van der Waals surface area contributed by atoms with Gasteiger partial charge in [-0.3, -0.25) is 9.59 Å². The number of aliphatic carboxylic acids is 1. The number of hydrogen-bond acceptors (Lipinski definition) is 6. The Labute approximate surface area is 232 Å². The van der Waals surface area contributed by atoms with Crippen molar-refractivity contribution in [1.82, 2.24) is 15.1 Å². The van der Waals surface area contributed by atoms with E-state index in [1.165, 1.54) is 12.0 Å². The number of alkyl halides is 1. The molecule has 0 aromatic heterocycles. The maximum Gasteiger partial charge on any atom is 0.326 e. The van der Waals surface area contributed by atoms with Gasteiger partial charge in [0.15, 0.2) is 0 Å². The number of carboxylic acid groups (broad SMARTS) is 1. The fourth-order valence-corrected chi connectivity index (χ4v) is 5.69. The van der Waals surface area contributed by atoms with Crippen LogP contribution in [0.25, 0.3) is 0 Å². The molecule has 1 heterocycles. The number of methoxy groups -OCH3 is 2. The Hall–Kier alpha value is -2.56. The Morgan fingerprint density at radius 1 is 1.15 bits per heavy atom. The lowest BCUT2D eigenvalue weighted by Crippen LogP contribution is -2.53. The van der Waals surface area contributed by atoms with Gasteiger partial charge in [-0.05, 0) is 25.6 Å². The normalized spacial score (nSPS) is 22.1. The van der Waals surface area contributed by atoms with Crippen molar-refractivity contribution in [3.8, 4) is 0 Å². The molecule has 1 aromatic rings. The monoisotopic (exact) mass is 551 g/mol. The van der Waals surface area contributed by atoms with Gasteiger partial charge in [0.05, 0.1) is 37.1 Å². The van der Waals surface area contributed by atoms with Crippen molar-refractivity contribution < 1.29 is 33.4 Å². The van der Waals surface area contributed by atoms with E-state index in [-0.39, 0.29) is 43.7 Å². The smallest absolute Gasteiger partial charge is 0.326 e. The van der Waals surface area contributed by atoms with E-state index in [9.17, 15) is 23.9 Å². The molecule has 2 N–H and O–H groups in total. The molecule has 9 nitrogen and oxygen atoms in total. The molecule has 1 aromatic carbocycles. The number of nitrogens with one attached hydrogen (secondary N) is 1. The summed E-state index contributed by atoms with van der Waals surface area (Å²) in [6, 6.07) is 7.20. The molecule has 220 valence electrons. The van der Waals surface area contributed by atoms with E-state index in [0.717, 1.165) is 12.0 Å². The number of halogens is 1. The summed E-state index contributed by atoms with van der Waals surface area (Å²) >= 11 is 0. The van der Waals surface area contributed by atoms with Gasteiger partial charge in [-0.25, -0.2) is 9.18 Å². The van der Waals surface area contributed by atoms with Gasteiger partial charge >= 0.3 is 5.97 Å². The second-order valence-electron chi connectivity index (χ2n) is 10.8. The summed E-state index contributed by atoms with van der Waals surface area (Å²) in [6.07, 6.45) is -1.32. The van der Waals surface area contributed by atoms with Gasteiger partial charge in [0.1, 0.15) is 12.2 Å². The fraction of sp³-hybridized carbons (Fsp3) is 0.690. The summed E-state index contributed by atoms with van der Waals surface area (Å²) in [5, 5.41) is 12.3. The minimum absolute atomic E-state index is 0.00772. The first-order chi connectivity index (χ1) is 18.4. The average molecular weight is 552 g/mol. The van der Waals surface area contributed by atoms with Crippen LogP contribution >= 0.6 is 0 Å². The highest BCUT2D eigenvalue weighted by Gasteiger charge is 2.45. The maximum absolute atomic E-state index is 14.7. The van der Waals surface area contributed by atoms with E-state index in [4.69, 9.17) is 9.47 Å². The Kier molecular flexibility index (Phi) is 12.8. The third kappa shape index (κ3) is 8.71. The zero-order chi connectivity index (χ0) is 29.3. The molecule has 0 bridgehead atoms. The van der Waals surface area contributed by atoms with Gasteiger partial charge in [-0.15, -0.1) is 0 Å². The molecule has 0 spiro atoms. The van der Waals surface area contributed by atoms with E-state index in [1.54, 1.807) is 38.3 Å². The maximum atomic E-state index is 14.7. The van der Waals surface area contributed by atoms with E-state index in [1.807, 2.05) is 25.1 Å². The van der Waals surface area contributed by atoms with Gasteiger partial charge in [0.25, 0.3) is 0 Å². The first kappa shape index (κ1) is 32.7. The van der Waals surface area contributed by atoms with Crippen LogP contribution in [0.4, 0.5) is 4.39 Å². The number of benzene rings is 1. The van der Waals surface area contributed by atoms with E-state index < -0.39 is 48.3 Å². The number of ether oxygens (including phenoxy) is 2. The van der Waals surface area contributed by atoms with Crippen molar-refractivity contribution in [2.24, 2.45) is 11.8 Å². The lowest BCUT2D eigenvalue weighted by Gasteiger charge is -2.38. The quantitative estimate of drug-likeness (QED) is 0.345. The predicted molar refractivity (Wildman–Crippen MR) is 147 cm³/mol. The molecule has 8 atom stereocenters. The zero-order valence-electron chi connectivity index (χ0n) is 24.3. The highest BCUT2D eigenvalue weighted by atomic mass is 19.1. The van der Waals surface area contributed by atoms with Gasteiger partial charge in [-0.1, -0.05) is 57.5 Å². The van der Waals surface area contributed by atoms with E-state index in [0.29, 0.717) is 0 Å². The van der Waals surface area contributed by atoms with Crippen molar-refractivity contribution in [2.45, 2.75) is 83.0 Å². The van der Waals surface area contributed by atoms with Crippen LogP contribution in [-0.4, -0.2) is 104 Å². The van der Waals surface area contributed by atoms with Crippen molar-refractivity contribution in [1.29, 1.82) is 0 Å². The first-order valence-electron chi connectivity index (χ1n) is 13.7. The Morgan fingerprint density at radius 3 is 2.31 bits per heavy atom. The first-order valence-corrected chi connectivity index (χ1v) is 13.7. The summed E-state index contributed by atoms with van der Waals surface area (Å²) in [7, 11) is 6.90. The summed E-state index contributed by atoms with van der Waals surface area (Å²) in [6.45, 7) is 5.73. The Morgan fingerprint density at radius 2 is 1.79 bits per heavy atom. The molecular weight excluding hydrogens is 505 g/mol. The number of nitrogens with zero attached hydrogens (tertiary/aromatic N) is 2. The molecule has 10 heteroatoms. The van der Waals surface area contributed by atoms with Crippen molar-refractivity contribution in [3.05, 3.63) is 35.9 Å². The fourth-order valence-electron chi connectivity index (χ4n) is 5.69. The second-order valence-corrected chi connectivity index (χ2v) is 10.8. The molecule has 0 radical (unpaired) electrons. The van der Waals surface area contributed by atoms with Crippen LogP contribution in [0.1, 0.15) is 45.6 Å². The number of amides is 2. The van der Waals surface area contributed by atoms with Crippen LogP contribution in [0.15, 0.2) is 30.3 Å². The van der Waals surface area contributed by atoms with Gasteiger partial charge in [-0.2, -0.15) is 0 Å². The summed E-state index contributed by atoms with van der Waals surface area (Å²) in [5.41, 5.74) is 0.773. The summed E-state index contributed by atoms with van der Waals surface area (Å²) in [5.74, 6) is -2.50. The van der Waals surface area contributed by atoms with Crippen molar-refractivity contribution >= 4 is 17.8 Å². The van der Waals surface area contributed by atoms with Crippen LogP contribution in [0.5, 0.6) is 0 Å². The molecule has 1 fully saturated rings. The van der Waals surface area contributed by atoms with Crippen LogP contribution in [0, 0.1) is 11.8 Å². The van der Waals surface area contributed by atoms with Crippen LogP contribution in [-0.2, 0) is 30.3 Å². The minimum Gasteiger partial charge on any atom is -0.480 e. The number of carbonyl (C=O) groups excluding carboxylic acids is 2. The third-order valence-corrected chi connectivity index (χ3v) is 7.95. The van der Waals surface area contributed by atoms with Crippen LogP contribution in [0.3, 0.4) is 0 Å². The molecule has 0 aliphatic carbocycles. The van der Waals surface area contributed by atoms with Gasteiger partial charge < -0.3 is 29.7 Å². The highest BCUT2D eigenvalue weighted by Crippen LogP contribution is 2.30. The highest BCUT2D eigenvalue weighted by molar-refractivity contribution is 5.85. The molecule has 1 saturated heterocycles. The standard InChI is InChI=1S/C29H46FN3O6/c1-8-18(2)26(32(4)5)24(38-6)16-25(34)33-17-21(30)15-23(33)27(39-7)19(3)28(35)31-22(29(36)37)14-20-12-10-9-11-13-20/h9-13,18-19,21-24,26-27H,8,14-17H2,1-7H3,(H,31,35)(H,36,37)/t18-,19+,21?,22-,23-,24?,26-,27?/m0/s1. The van der Waals surface area contributed by atoms with Crippen molar-refractivity contribution in [3.63, 3.8) is 0 Å². The molecule has 2 rings (SSSR count). The SMILES string of the molecule is CC[C@H](C)[C@@H](C(CC(=O)N1CC(F)C[C@H]1C(OC)[C@@H](C)C(=O)N[C@@H](Cc1ccccc1)C(=O)O)OC)N(C)C. The lowest BCUT2D eigenvalue weighted by molar-refractivity contribution is -0.145. The third-order valence-electron chi connectivity index (χ3n) is 7.95. The number of rotatable bonds is 15. The number of likely N-dealkylation sites (tertiary alicyclic amines) is 1. The van der Waals surface area contributed by atoms with E-state index in [2.05, 4.69) is 19.2 Å². The zero-order valence-corrected chi connectivity index (χ0v) is 24.3. The van der Waals surface area contributed by atoms with Crippen molar-refractivity contribution in [2.75, 3.05) is 34.9 Å². The number of carbonyl (C=O) groups is 3. The molecule has 0 saturated carbocycles. The summed E-state index contributed by atoms with van der Waals surface area (Å²) in [4.78, 5) is 42.1. The molecule has 39 heavy (non-hydrogen) atoms.